The van der Waals surface area contributed by atoms with Crippen molar-refractivity contribution in [2.24, 2.45) is 0 Å². The van der Waals surface area contributed by atoms with Crippen molar-refractivity contribution in [1.82, 2.24) is 4.57 Å². The zero-order valence-corrected chi connectivity index (χ0v) is 12.2. The molecule has 108 valence electrons. The number of aryl methyl sites for hydroxylation is 1. The minimum absolute atomic E-state index is 0.0435. The summed E-state index contributed by atoms with van der Waals surface area (Å²) in [6.07, 6.45) is 12.3. The van der Waals surface area contributed by atoms with E-state index in [-0.39, 0.29) is 6.54 Å². The maximum Gasteiger partial charge on any atom is 0.256 e. The maximum absolute atomic E-state index is 10.7. The van der Waals surface area contributed by atoms with Gasteiger partial charge >= 0.3 is 0 Å². The number of carboxylic acid groups (broad SMARTS) is 1. The van der Waals surface area contributed by atoms with E-state index in [1.54, 1.807) is 4.57 Å². The summed E-state index contributed by atoms with van der Waals surface area (Å²) in [6, 6.07) is 0. The van der Waals surface area contributed by atoms with Gasteiger partial charge in [0.2, 0.25) is 0 Å². The lowest BCUT2D eigenvalue weighted by atomic mass is 10.1. The van der Waals surface area contributed by atoms with E-state index in [9.17, 15) is 9.90 Å². The number of hydrogen-bond donors (Lipinski definition) is 0. The highest BCUT2D eigenvalue weighted by Crippen LogP contribution is 2.08. The number of carbonyl (C=O) groups excluding carboxylic acids is 1. The van der Waals surface area contributed by atoms with Crippen LogP contribution in [0.4, 0.5) is 0 Å². The van der Waals surface area contributed by atoms with Crippen LogP contribution in [0.2, 0.25) is 0 Å². The van der Waals surface area contributed by atoms with Crippen molar-refractivity contribution >= 4 is 5.97 Å². The average molecular weight is 266 g/mol. The van der Waals surface area contributed by atoms with Gasteiger partial charge in [0.25, 0.3) is 5.82 Å². The van der Waals surface area contributed by atoms with Gasteiger partial charge in [-0.1, -0.05) is 39.0 Å². The summed E-state index contributed by atoms with van der Waals surface area (Å²) in [5.41, 5.74) is 0. The van der Waals surface area contributed by atoms with Crippen LogP contribution in [-0.2, 0) is 24.3 Å². The lowest BCUT2D eigenvalue weighted by Gasteiger charge is -2.05. The maximum atomic E-state index is 10.7. The molecule has 0 amide bonds. The number of carboxylic acids is 1. The molecular formula is C15H26N2O2. The zero-order chi connectivity index (χ0) is 14.1. The molecule has 1 rings (SSSR count). The van der Waals surface area contributed by atoms with E-state index in [0.29, 0.717) is 0 Å². The van der Waals surface area contributed by atoms with E-state index < -0.39 is 5.97 Å². The molecule has 1 heterocycles. The molecule has 0 fully saturated rings. The average Bonchev–Trinajstić information content (AvgIpc) is 2.75. The summed E-state index contributed by atoms with van der Waals surface area (Å²) in [5.74, 6) is 0.0743. The molecule has 0 aliphatic rings. The molecule has 1 aromatic rings. The number of rotatable bonds is 10. The van der Waals surface area contributed by atoms with Gasteiger partial charge in [-0.25, -0.2) is 9.13 Å². The van der Waals surface area contributed by atoms with E-state index in [1.807, 2.05) is 12.4 Å². The van der Waals surface area contributed by atoms with Crippen molar-refractivity contribution in [3.63, 3.8) is 0 Å². The van der Waals surface area contributed by atoms with Gasteiger partial charge in [-0.15, -0.1) is 0 Å². The van der Waals surface area contributed by atoms with E-state index in [0.717, 1.165) is 25.2 Å². The Morgan fingerprint density at radius 2 is 1.89 bits per heavy atom. The molecule has 1 aromatic heterocycles. The number of imidazole rings is 1. The fourth-order valence-corrected chi connectivity index (χ4v) is 2.42. The molecule has 0 aliphatic heterocycles. The van der Waals surface area contributed by atoms with Crippen LogP contribution in [0.15, 0.2) is 12.4 Å². The fraction of sp³-hybridized carbons (Fsp3) is 0.733. The molecule has 0 atom stereocenters. The molecule has 0 radical (unpaired) electrons. The largest absolute Gasteiger partial charge is 0.546 e. The van der Waals surface area contributed by atoms with Crippen LogP contribution in [0.3, 0.4) is 0 Å². The van der Waals surface area contributed by atoms with Gasteiger partial charge in [0.15, 0.2) is 0 Å². The Labute approximate surface area is 116 Å². The molecule has 0 spiro atoms. The summed E-state index contributed by atoms with van der Waals surface area (Å²) in [4.78, 5) is 10.7. The van der Waals surface area contributed by atoms with Gasteiger partial charge in [-0.3, -0.25) is 0 Å². The van der Waals surface area contributed by atoms with Crippen LogP contribution >= 0.6 is 0 Å². The Bertz CT molecular complexity index is 385. The van der Waals surface area contributed by atoms with Crippen molar-refractivity contribution in [1.29, 1.82) is 0 Å². The van der Waals surface area contributed by atoms with Gasteiger partial charge in [0, 0.05) is 6.42 Å². The summed E-state index contributed by atoms with van der Waals surface area (Å²) in [5, 5.41) is 10.7. The highest BCUT2D eigenvalue weighted by atomic mass is 16.4. The van der Waals surface area contributed by atoms with Crippen LogP contribution in [0.5, 0.6) is 0 Å². The third-order valence-corrected chi connectivity index (χ3v) is 3.48. The van der Waals surface area contributed by atoms with E-state index in [2.05, 4.69) is 18.4 Å². The van der Waals surface area contributed by atoms with Crippen molar-refractivity contribution in [3.05, 3.63) is 18.2 Å². The van der Waals surface area contributed by atoms with Crippen LogP contribution in [-0.4, -0.2) is 10.5 Å². The molecular weight excluding hydrogens is 240 g/mol. The minimum atomic E-state index is -1.02. The molecule has 0 bridgehead atoms. The first-order valence-electron chi connectivity index (χ1n) is 7.46. The molecule has 0 N–H and O–H groups in total. The quantitative estimate of drug-likeness (QED) is 0.475. The Balaban J connectivity index is 2.46. The van der Waals surface area contributed by atoms with E-state index in [1.165, 1.54) is 32.1 Å². The molecule has 19 heavy (non-hydrogen) atoms. The highest BCUT2D eigenvalue weighted by molar-refractivity contribution is 5.62. The molecule has 0 saturated heterocycles. The zero-order valence-electron chi connectivity index (χ0n) is 12.2. The summed E-state index contributed by atoms with van der Waals surface area (Å²) in [7, 11) is 0. The normalized spacial score (nSPS) is 10.8. The Kier molecular flexibility index (Phi) is 7.23. The third kappa shape index (κ3) is 5.45. The standard InChI is InChI=1S/C15H26N2O2/c1-3-5-6-7-8-9-10-14-16(4-2)11-12-17(14)13-15(18)19/h11-12H,3-10,13H2,1-2H3. The van der Waals surface area contributed by atoms with Crippen molar-refractivity contribution < 1.29 is 14.5 Å². The predicted octanol–water partition coefficient (Wildman–Crippen LogP) is 1.45. The number of carbonyl (C=O) groups is 1. The molecule has 0 aliphatic carbocycles. The molecule has 4 heteroatoms. The smallest absolute Gasteiger partial charge is 0.256 e. The SMILES string of the molecule is CCCCCCCCc1n(CC)cc[n+]1CC(=O)[O-]. The van der Waals surface area contributed by atoms with Gasteiger partial charge in [-0.05, 0) is 13.3 Å². The van der Waals surface area contributed by atoms with Gasteiger partial charge in [0.05, 0.1) is 12.5 Å². The first-order chi connectivity index (χ1) is 9.19. The molecule has 4 nitrogen and oxygen atoms in total. The molecule has 0 saturated carbocycles. The van der Waals surface area contributed by atoms with E-state index in [4.69, 9.17) is 0 Å². The fourth-order valence-electron chi connectivity index (χ4n) is 2.42. The van der Waals surface area contributed by atoms with Gasteiger partial charge < -0.3 is 9.90 Å². The molecule has 0 unspecified atom stereocenters. The second-order valence-electron chi connectivity index (χ2n) is 5.02. The number of aromatic nitrogens is 2. The number of hydrogen-bond acceptors (Lipinski definition) is 2. The van der Waals surface area contributed by atoms with Crippen molar-refractivity contribution in [3.8, 4) is 0 Å². The number of nitrogens with zero attached hydrogens (tertiary/aromatic N) is 2. The van der Waals surface area contributed by atoms with Crippen LogP contribution < -0.4 is 9.67 Å². The Morgan fingerprint density at radius 1 is 1.21 bits per heavy atom. The molecule has 0 aromatic carbocycles. The van der Waals surface area contributed by atoms with E-state index >= 15 is 0 Å². The topological polar surface area (TPSA) is 48.9 Å². The predicted molar refractivity (Wildman–Crippen MR) is 72.4 cm³/mol. The lowest BCUT2D eigenvalue weighted by molar-refractivity contribution is -0.697. The number of unbranched alkanes of at least 4 members (excludes halogenated alkanes) is 5. The first-order valence-corrected chi connectivity index (χ1v) is 7.46. The van der Waals surface area contributed by atoms with Gasteiger partial charge in [-0.2, -0.15) is 0 Å². The third-order valence-electron chi connectivity index (χ3n) is 3.48. The number of aliphatic carboxylic acids is 1. The minimum Gasteiger partial charge on any atom is -0.546 e. The van der Waals surface area contributed by atoms with Crippen molar-refractivity contribution in [2.45, 2.75) is 71.9 Å². The van der Waals surface area contributed by atoms with Crippen molar-refractivity contribution in [2.75, 3.05) is 0 Å². The first kappa shape index (κ1) is 15.7. The van der Waals surface area contributed by atoms with Crippen LogP contribution in [0.1, 0.15) is 58.2 Å². The monoisotopic (exact) mass is 266 g/mol. The Morgan fingerprint density at radius 3 is 2.53 bits per heavy atom. The summed E-state index contributed by atoms with van der Waals surface area (Å²) in [6.45, 7) is 5.13. The van der Waals surface area contributed by atoms with Crippen LogP contribution in [0.25, 0.3) is 0 Å². The lowest BCUT2D eigenvalue weighted by Crippen LogP contribution is -2.45. The second kappa shape index (κ2) is 8.73. The summed E-state index contributed by atoms with van der Waals surface area (Å²) < 4.78 is 3.92. The Hall–Kier alpha value is -1.32. The summed E-state index contributed by atoms with van der Waals surface area (Å²) >= 11 is 0. The highest BCUT2D eigenvalue weighted by Gasteiger charge is 2.15. The van der Waals surface area contributed by atoms with Crippen LogP contribution in [0, 0.1) is 0 Å². The van der Waals surface area contributed by atoms with Gasteiger partial charge in [0.1, 0.15) is 18.9 Å². The second-order valence-corrected chi connectivity index (χ2v) is 5.02.